The normalized spacial score (nSPS) is 22.8. The van der Waals surface area contributed by atoms with Crippen molar-refractivity contribution in [2.75, 3.05) is 47.5 Å². The second kappa shape index (κ2) is 9.84. The van der Waals surface area contributed by atoms with Crippen molar-refractivity contribution < 1.29 is 14.3 Å². The van der Waals surface area contributed by atoms with Crippen molar-refractivity contribution in [3.8, 4) is 0 Å². The number of amides is 1. The lowest BCUT2D eigenvalue weighted by Crippen LogP contribution is -2.49. The van der Waals surface area contributed by atoms with Gasteiger partial charge >= 0.3 is 0 Å². The fourth-order valence-electron chi connectivity index (χ4n) is 2.77. The van der Waals surface area contributed by atoms with Crippen LogP contribution >= 0.6 is 0 Å². The smallest absolute Gasteiger partial charge is 0.243 e. The number of methoxy groups -OCH3 is 1. The third-order valence-electron chi connectivity index (χ3n) is 4.50. The molecule has 0 radical (unpaired) electrons. The monoisotopic (exact) mass is 340 g/mol. The molecule has 2 rings (SSSR count). The summed E-state index contributed by atoms with van der Waals surface area (Å²) in [6.07, 6.45) is 6.08. The highest BCUT2D eigenvalue weighted by Gasteiger charge is 2.32. The van der Waals surface area contributed by atoms with Gasteiger partial charge in [0.2, 0.25) is 5.91 Å². The van der Waals surface area contributed by atoms with Gasteiger partial charge in [0.1, 0.15) is 6.54 Å². The maximum atomic E-state index is 11.8. The van der Waals surface area contributed by atoms with Crippen molar-refractivity contribution in [3.63, 3.8) is 0 Å². The predicted molar refractivity (Wildman–Crippen MR) is 94.1 cm³/mol. The molecule has 138 valence electrons. The Labute approximate surface area is 145 Å². The maximum Gasteiger partial charge on any atom is 0.243 e. The van der Waals surface area contributed by atoms with Crippen LogP contribution in [0.3, 0.4) is 0 Å². The van der Waals surface area contributed by atoms with Crippen LogP contribution < -0.4 is 10.6 Å². The molecule has 1 heterocycles. The summed E-state index contributed by atoms with van der Waals surface area (Å²) in [5.41, 5.74) is 0. The molecule has 7 nitrogen and oxygen atoms in total. The van der Waals surface area contributed by atoms with Crippen LogP contribution in [-0.2, 0) is 14.3 Å². The van der Waals surface area contributed by atoms with E-state index in [9.17, 15) is 4.79 Å². The fraction of sp³-hybridized carbons (Fsp3) is 0.882. The van der Waals surface area contributed by atoms with Gasteiger partial charge < -0.3 is 25.0 Å². The van der Waals surface area contributed by atoms with Gasteiger partial charge in [0.25, 0.3) is 0 Å². The molecule has 7 heteroatoms. The number of carbonyl (C=O) groups excluding carboxylic acids is 1. The number of nitrogens with one attached hydrogen (secondary N) is 2. The van der Waals surface area contributed by atoms with Gasteiger partial charge in [-0.1, -0.05) is 0 Å². The van der Waals surface area contributed by atoms with Crippen LogP contribution in [0.4, 0.5) is 0 Å². The van der Waals surface area contributed by atoms with E-state index in [4.69, 9.17) is 9.47 Å². The standard InChI is InChI=1S/C17H32N4O3/c1-21(2)16(22)11-19-17(18-10-14-6-4-5-9-24-14)20-15(12-23-3)13-7-8-13/h13-15H,4-12H2,1-3H3,(H2,18,19,20). The highest BCUT2D eigenvalue weighted by molar-refractivity contribution is 5.85. The molecule has 1 saturated heterocycles. The lowest BCUT2D eigenvalue weighted by molar-refractivity contribution is -0.127. The van der Waals surface area contributed by atoms with E-state index in [1.807, 2.05) is 0 Å². The zero-order valence-corrected chi connectivity index (χ0v) is 15.2. The molecule has 1 amide bonds. The van der Waals surface area contributed by atoms with Gasteiger partial charge in [-0.3, -0.25) is 4.79 Å². The van der Waals surface area contributed by atoms with Gasteiger partial charge in [0, 0.05) is 34.4 Å². The van der Waals surface area contributed by atoms with Crippen molar-refractivity contribution in [3.05, 3.63) is 0 Å². The van der Waals surface area contributed by atoms with E-state index in [-0.39, 0.29) is 24.6 Å². The Kier molecular flexibility index (Phi) is 7.78. The minimum Gasteiger partial charge on any atom is -0.383 e. The quantitative estimate of drug-likeness (QED) is 0.500. The highest BCUT2D eigenvalue weighted by Crippen LogP contribution is 2.32. The second-order valence-corrected chi connectivity index (χ2v) is 6.87. The van der Waals surface area contributed by atoms with Crippen LogP contribution in [0.5, 0.6) is 0 Å². The number of carbonyl (C=O) groups is 1. The predicted octanol–water partition coefficient (Wildman–Crippen LogP) is 0.604. The van der Waals surface area contributed by atoms with Crippen LogP contribution in [0.1, 0.15) is 32.1 Å². The SMILES string of the molecule is COCC(NC(=NCC(=O)N(C)C)NCC1CCCCO1)C1CC1. The first-order valence-electron chi connectivity index (χ1n) is 8.95. The average Bonchev–Trinajstić information content (AvgIpc) is 3.42. The molecular weight excluding hydrogens is 308 g/mol. The van der Waals surface area contributed by atoms with Crippen molar-refractivity contribution in [2.45, 2.75) is 44.2 Å². The molecular formula is C17H32N4O3. The van der Waals surface area contributed by atoms with Crippen LogP contribution in [0.25, 0.3) is 0 Å². The molecule has 1 saturated carbocycles. The Balaban J connectivity index is 1.90. The zero-order valence-electron chi connectivity index (χ0n) is 15.2. The molecule has 0 bridgehead atoms. The van der Waals surface area contributed by atoms with E-state index in [0.29, 0.717) is 25.0 Å². The Morgan fingerprint density at radius 2 is 2.12 bits per heavy atom. The van der Waals surface area contributed by atoms with E-state index in [2.05, 4.69) is 15.6 Å². The van der Waals surface area contributed by atoms with Crippen molar-refractivity contribution in [1.29, 1.82) is 0 Å². The summed E-state index contributed by atoms with van der Waals surface area (Å²) >= 11 is 0. The molecule has 0 aromatic heterocycles. The zero-order chi connectivity index (χ0) is 17.4. The third kappa shape index (κ3) is 6.65. The molecule has 24 heavy (non-hydrogen) atoms. The molecule has 2 atom stereocenters. The first-order chi connectivity index (χ1) is 11.6. The van der Waals surface area contributed by atoms with E-state index < -0.39 is 0 Å². The third-order valence-corrected chi connectivity index (χ3v) is 4.50. The first kappa shape index (κ1) is 19.0. The summed E-state index contributed by atoms with van der Waals surface area (Å²) in [7, 11) is 5.20. The topological polar surface area (TPSA) is 75.2 Å². The van der Waals surface area contributed by atoms with E-state index in [1.165, 1.54) is 19.3 Å². The minimum absolute atomic E-state index is 0.0141. The van der Waals surface area contributed by atoms with Gasteiger partial charge in [-0.15, -0.1) is 0 Å². The van der Waals surface area contributed by atoms with Gasteiger partial charge in [-0.05, 0) is 38.0 Å². The number of likely N-dealkylation sites (N-methyl/N-ethyl adjacent to an activating group) is 1. The van der Waals surface area contributed by atoms with Gasteiger partial charge in [-0.25, -0.2) is 4.99 Å². The molecule has 0 aromatic rings. The summed E-state index contributed by atoms with van der Waals surface area (Å²) in [6, 6.07) is 0.239. The van der Waals surface area contributed by atoms with Crippen molar-refractivity contribution >= 4 is 11.9 Å². The van der Waals surface area contributed by atoms with E-state index in [1.54, 1.807) is 26.1 Å². The Morgan fingerprint density at radius 1 is 1.33 bits per heavy atom. The molecule has 2 fully saturated rings. The number of hydrogen-bond acceptors (Lipinski definition) is 4. The summed E-state index contributed by atoms with van der Waals surface area (Å²) < 4.78 is 11.1. The lowest BCUT2D eigenvalue weighted by atomic mass is 10.1. The van der Waals surface area contributed by atoms with Crippen molar-refractivity contribution in [1.82, 2.24) is 15.5 Å². The summed E-state index contributed by atoms with van der Waals surface area (Å²) in [4.78, 5) is 17.8. The van der Waals surface area contributed by atoms with E-state index >= 15 is 0 Å². The minimum atomic E-state index is -0.0141. The number of guanidine groups is 1. The molecule has 2 unspecified atom stereocenters. The molecule has 0 spiro atoms. The molecule has 1 aliphatic carbocycles. The first-order valence-corrected chi connectivity index (χ1v) is 8.95. The summed E-state index contributed by atoms with van der Waals surface area (Å²) in [6.45, 7) is 2.33. The number of rotatable bonds is 8. The van der Waals surface area contributed by atoms with Gasteiger partial charge in [-0.2, -0.15) is 0 Å². The molecule has 2 N–H and O–H groups in total. The number of ether oxygens (including phenoxy) is 2. The Morgan fingerprint density at radius 3 is 2.71 bits per heavy atom. The number of aliphatic imine (C=N–C) groups is 1. The number of nitrogens with zero attached hydrogens (tertiary/aromatic N) is 2. The highest BCUT2D eigenvalue weighted by atomic mass is 16.5. The Hall–Kier alpha value is -1.34. The Bertz CT molecular complexity index is 418. The lowest BCUT2D eigenvalue weighted by Gasteiger charge is -2.25. The fourth-order valence-corrected chi connectivity index (χ4v) is 2.77. The average molecular weight is 340 g/mol. The largest absolute Gasteiger partial charge is 0.383 e. The van der Waals surface area contributed by atoms with Crippen LogP contribution in [0.15, 0.2) is 4.99 Å². The van der Waals surface area contributed by atoms with Gasteiger partial charge in [0.15, 0.2) is 5.96 Å². The molecule has 1 aliphatic heterocycles. The summed E-state index contributed by atoms with van der Waals surface area (Å²) in [5.74, 6) is 1.29. The number of hydrogen-bond donors (Lipinski definition) is 2. The van der Waals surface area contributed by atoms with E-state index in [0.717, 1.165) is 19.4 Å². The molecule has 0 aromatic carbocycles. The second-order valence-electron chi connectivity index (χ2n) is 6.87. The summed E-state index contributed by atoms with van der Waals surface area (Å²) in [5, 5.41) is 6.78. The van der Waals surface area contributed by atoms with Crippen LogP contribution in [0, 0.1) is 5.92 Å². The van der Waals surface area contributed by atoms with Gasteiger partial charge in [0.05, 0.1) is 18.8 Å². The van der Waals surface area contributed by atoms with Crippen molar-refractivity contribution in [2.24, 2.45) is 10.9 Å². The van der Waals surface area contributed by atoms with Crippen LogP contribution in [-0.4, -0.2) is 76.4 Å². The van der Waals surface area contributed by atoms with Crippen LogP contribution in [0.2, 0.25) is 0 Å². The molecule has 2 aliphatic rings. The maximum absolute atomic E-state index is 11.8.